The average Bonchev–Trinajstić information content (AvgIpc) is 2.85. The monoisotopic (exact) mass is 491 g/mol. The number of amides is 2. The Kier molecular flexibility index (Phi) is 7.71. The van der Waals surface area contributed by atoms with Gasteiger partial charge in [0, 0.05) is 35.4 Å². The maximum atomic E-state index is 13.2. The maximum absolute atomic E-state index is 13.2. The van der Waals surface area contributed by atoms with Gasteiger partial charge in [0.25, 0.3) is 11.8 Å². The lowest BCUT2D eigenvalue weighted by molar-refractivity contribution is -0.134. The summed E-state index contributed by atoms with van der Waals surface area (Å²) >= 11 is 5.89. The first-order valence-electron chi connectivity index (χ1n) is 11.8. The van der Waals surface area contributed by atoms with Crippen molar-refractivity contribution in [1.29, 1.82) is 0 Å². The Morgan fingerprint density at radius 2 is 1.71 bits per heavy atom. The van der Waals surface area contributed by atoms with Crippen molar-refractivity contribution in [3.63, 3.8) is 0 Å². The molecule has 0 aliphatic carbocycles. The third kappa shape index (κ3) is 6.20. The molecular formula is C28H30ClN3O3. The highest BCUT2D eigenvalue weighted by molar-refractivity contribution is 6.30. The van der Waals surface area contributed by atoms with Gasteiger partial charge >= 0.3 is 0 Å². The molecule has 0 bridgehead atoms. The molecule has 1 aliphatic heterocycles. The van der Waals surface area contributed by atoms with Gasteiger partial charge in [-0.25, -0.2) is 0 Å². The Balaban J connectivity index is 1.39. The maximum Gasteiger partial charge on any atom is 0.260 e. The van der Waals surface area contributed by atoms with E-state index in [-0.39, 0.29) is 24.3 Å². The van der Waals surface area contributed by atoms with Crippen molar-refractivity contribution in [3.05, 3.63) is 87.7 Å². The molecule has 1 aliphatic rings. The molecule has 0 saturated carbocycles. The van der Waals surface area contributed by atoms with Crippen molar-refractivity contribution in [2.45, 2.75) is 39.5 Å². The summed E-state index contributed by atoms with van der Waals surface area (Å²) in [4.78, 5) is 32.4. The van der Waals surface area contributed by atoms with Crippen molar-refractivity contribution < 1.29 is 14.3 Å². The van der Waals surface area contributed by atoms with Crippen LogP contribution in [-0.2, 0) is 4.79 Å². The third-order valence-electron chi connectivity index (χ3n) is 6.48. The molecule has 0 radical (unpaired) electrons. The van der Waals surface area contributed by atoms with Gasteiger partial charge < -0.3 is 15.0 Å². The first-order chi connectivity index (χ1) is 16.8. The van der Waals surface area contributed by atoms with Crippen LogP contribution in [0, 0.1) is 20.8 Å². The summed E-state index contributed by atoms with van der Waals surface area (Å²) in [5.41, 5.74) is 5.34. The normalized spacial score (nSPS) is 14.0. The molecule has 0 spiro atoms. The molecule has 0 atom stereocenters. The highest BCUT2D eigenvalue weighted by atomic mass is 35.5. The second kappa shape index (κ2) is 10.9. The van der Waals surface area contributed by atoms with Crippen LogP contribution >= 0.6 is 11.6 Å². The zero-order valence-corrected chi connectivity index (χ0v) is 21.1. The number of carbonyl (C=O) groups excluding carboxylic acids is 2. The molecule has 1 saturated heterocycles. The predicted octanol–water partition coefficient (Wildman–Crippen LogP) is 5.70. The number of aryl methyl sites for hydroxylation is 3. The minimum absolute atomic E-state index is 0.0153. The summed E-state index contributed by atoms with van der Waals surface area (Å²) in [6.07, 6.45) is 1.49. The smallest absolute Gasteiger partial charge is 0.260 e. The van der Waals surface area contributed by atoms with E-state index in [0.717, 1.165) is 35.5 Å². The Bertz CT molecular complexity index is 1220. The van der Waals surface area contributed by atoms with Crippen LogP contribution in [0.2, 0.25) is 5.02 Å². The predicted molar refractivity (Wildman–Crippen MR) is 138 cm³/mol. The molecule has 4 rings (SSSR count). The number of piperidine rings is 1. The van der Waals surface area contributed by atoms with E-state index in [1.54, 1.807) is 24.3 Å². The van der Waals surface area contributed by atoms with Crippen LogP contribution in [-0.4, -0.2) is 41.4 Å². The topological polar surface area (TPSA) is 71.5 Å². The summed E-state index contributed by atoms with van der Waals surface area (Å²) in [6, 6.07) is 16.6. The number of benzene rings is 2. The van der Waals surface area contributed by atoms with Gasteiger partial charge in [0.1, 0.15) is 5.75 Å². The van der Waals surface area contributed by atoms with Crippen molar-refractivity contribution >= 4 is 29.1 Å². The fourth-order valence-corrected chi connectivity index (χ4v) is 4.39. The Morgan fingerprint density at radius 1 is 1.00 bits per heavy atom. The molecule has 2 amide bonds. The molecule has 3 aromatic rings. The van der Waals surface area contributed by atoms with Crippen molar-refractivity contribution in [3.8, 4) is 5.75 Å². The number of pyridine rings is 1. The van der Waals surface area contributed by atoms with E-state index >= 15 is 0 Å². The highest BCUT2D eigenvalue weighted by Crippen LogP contribution is 2.30. The summed E-state index contributed by atoms with van der Waals surface area (Å²) in [5.74, 6) is 0.506. The summed E-state index contributed by atoms with van der Waals surface area (Å²) in [6.45, 7) is 7.19. The molecule has 2 aromatic carbocycles. The average molecular weight is 492 g/mol. The van der Waals surface area contributed by atoms with Gasteiger partial charge in [-0.1, -0.05) is 17.7 Å². The van der Waals surface area contributed by atoms with Gasteiger partial charge in [-0.2, -0.15) is 0 Å². The van der Waals surface area contributed by atoms with Gasteiger partial charge in [0.2, 0.25) is 0 Å². The van der Waals surface area contributed by atoms with Crippen LogP contribution in [0.5, 0.6) is 5.75 Å². The molecule has 182 valence electrons. The number of ether oxygens (including phenoxy) is 1. The second-order valence-corrected chi connectivity index (χ2v) is 9.47. The number of likely N-dealkylation sites (tertiary alicyclic amines) is 1. The second-order valence-electron chi connectivity index (χ2n) is 9.04. The highest BCUT2D eigenvalue weighted by Gasteiger charge is 2.28. The van der Waals surface area contributed by atoms with Crippen LogP contribution in [0.3, 0.4) is 0 Å². The van der Waals surface area contributed by atoms with E-state index in [9.17, 15) is 9.59 Å². The molecule has 6 nitrogen and oxygen atoms in total. The van der Waals surface area contributed by atoms with Gasteiger partial charge in [-0.3, -0.25) is 14.6 Å². The van der Waals surface area contributed by atoms with Crippen LogP contribution in [0.1, 0.15) is 51.6 Å². The zero-order chi connectivity index (χ0) is 24.9. The largest absolute Gasteiger partial charge is 0.484 e. The molecule has 35 heavy (non-hydrogen) atoms. The fraction of sp³-hybridized carbons (Fsp3) is 0.321. The van der Waals surface area contributed by atoms with E-state index in [1.807, 2.05) is 56.0 Å². The summed E-state index contributed by atoms with van der Waals surface area (Å²) < 4.78 is 5.61. The van der Waals surface area contributed by atoms with Gasteiger partial charge in [0.15, 0.2) is 6.61 Å². The number of nitrogens with zero attached hydrogens (tertiary/aromatic N) is 2. The third-order valence-corrected chi connectivity index (χ3v) is 6.74. The molecular weight excluding hydrogens is 462 g/mol. The van der Waals surface area contributed by atoms with Crippen LogP contribution in [0.4, 0.5) is 5.69 Å². The van der Waals surface area contributed by atoms with Gasteiger partial charge in [-0.15, -0.1) is 0 Å². The van der Waals surface area contributed by atoms with Crippen LogP contribution in [0.15, 0.2) is 54.6 Å². The van der Waals surface area contributed by atoms with Crippen LogP contribution in [0.25, 0.3) is 0 Å². The number of hydrogen-bond donors (Lipinski definition) is 1. The van der Waals surface area contributed by atoms with E-state index in [1.165, 1.54) is 5.56 Å². The minimum Gasteiger partial charge on any atom is -0.484 e. The number of aromatic nitrogens is 1. The lowest BCUT2D eigenvalue weighted by Crippen LogP contribution is -2.40. The Labute approximate surface area is 211 Å². The number of nitrogens with one attached hydrogen (secondary N) is 1. The number of rotatable bonds is 6. The molecule has 1 N–H and O–H groups in total. The lowest BCUT2D eigenvalue weighted by Gasteiger charge is -2.32. The lowest BCUT2D eigenvalue weighted by atomic mass is 9.89. The van der Waals surface area contributed by atoms with E-state index in [4.69, 9.17) is 21.3 Å². The molecule has 7 heteroatoms. The van der Waals surface area contributed by atoms with Gasteiger partial charge in [-0.05, 0) is 93.3 Å². The number of hydrogen-bond acceptors (Lipinski definition) is 4. The minimum atomic E-state index is -0.161. The van der Waals surface area contributed by atoms with Crippen molar-refractivity contribution in [2.24, 2.45) is 0 Å². The van der Waals surface area contributed by atoms with Gasteiger partial charge in [0.05, 0.1) is 11.3 Å². The fourth-order valence-electron chi connectivity index (χ4n) is 4.27. The number of anilines is 1. The quantitative estimate of drug-likeness (QED) is 0.480. The first kappa shape index (κ1) is 24.7. The number of halogens is 1. The molecule has 1 aromatic heterocycles. The SMILES string of the molecule is Cc1ccc(C(=O)Nc2ccc(C)c(C)c2)c(C2CCN(C(=O)COc3ccc(Cl)cc3)CC2)n1. The summed E-state index contributed by atoms with van der Waals surface area (Å²) in [7, 11) is 0. The molecule has 2 heterocycles. The Hall–Kier alpha value is -3.38. The molecule has 0 unspecified atom stereocenters. The van der Waals surface area contributed by atoms with E-state index in [2.05, 4.69) is 5.32 Å². The number of carbonyl (C=O) groups is 2. The Morgan fingerprint density at radius 3 is 2.40 bits per heavy atom. The van der Waals surface area contributed by atoms with Crippen molar-refractivity contribution in [1.82, 2.24) is 9.88 Å². The summed E-state index contributed by atoms with van der Waals surface area (Å²) in [5, 5.41) is 3.64. The van der Waals surface area contributed by atoms with E-state index < -0.39 is 0 Å². The zero-order valence-electron chi connectivity index (χ0n) is 20.3. The van der Waals surface area contributed by atoms with Crippen molar-refractivity contribution in [2.75, 3.05) is 25.0 Å². The van der Waals surface area contributed by atoms with Crippen LogP contribution < -0.4 is 10.1 Å². The molecule has 1 fully saturated rings. The standard InChI is InChI=1S/C28H30ClN3O3/c1-18-4-8-23(16-19(18)2)31-28(34)25-11-5-20(3)30-27(25)21-12-14-32(15-13-21)26(33)17-35-24-9-6-22(29)7-10-24/h4-11,16,21H,12-15,17H2,1-3H3,(H,31,34). The van der Waals surface area contributed by atoms with E-state index in [0.29, 0.717) is 29.4 Å². The first-order valence-corrected chi connectivity index (χ1v) is 12.2.